The number of rotatable bonds is 6. The maximum atomic E-state index is 12.7. The number of aryl methyl sites for hydroxylation is 1. The van der Waals surface area contributed by atoms with Crippen LogP contribution < -0.4 is 15.7 Å². The van der Waals surface area contributed by atoms with Gasteiger partial charge in [0, 0.05) is 18.2 Å². The number of methoxy groups -OCH3 is 1. The molecule has 0 unspecified atom stereocenters. The fourth-order valence-electron chi connectivity index (χ4n) is 3.24. The Bertz CT molecular complexity index is 1260. The largest absolute Gasteiger partial charge is 0.497 e. The van der Waals surface area contributed by atoms with Crippen molar-refractivity contribution >= 4 is 11.6 Å². The topological polar surface area (TPSA) is 90.5 Å². The van der Waals surface area contributed by atoms with E-state index in [1.54, 1.807) is 20.1 Å². The maximum absolute atomic E-state index is 12.7. The van der Waals surface area contributed by atoms with Crippen LogP contribution >= 0.6 is 0 Å². The van der Waals surface area contributed by atoms with Crippen molar-refractivity contribution in [3.63, 3.8) is 0 Å². The van der Waals surface area contributed by atoms with Crippen molar-refractivity contribution in [3.8, 4) is 17.0 Å². The first-order valence-electron chi connectivity index (χ1n) is 9.47. The number of nitrogens with one attached hydrogen (secondary N) is 1. The average molecular weight is 403 g/mol. The Balaban J connectivity index is 1.54. The highest BCUT2D eigenvalue weighted by Crippen LogP contribution is 2.18. The number of hydrogen-bond donors (Lipinski definition) is 1. The summed E-state index contributed by atoms with van der Waals surface area (Å²) in [6.07, 6.45) is 0. The van der Waals surface area contributed by atoms with E-state index < -0.39 is 5.69 Å². The van der Waals surface area contributed by atoms with Crippen molar-refractivity contribution in [2.45, 2.75) is 20.0 Å². The zero-order chi connectivity index (χ0) is 21.1. The molecule has 0 radical (unpaired) electrons. The van der Waals surface area contributed by atoms with Crippen LogP contribution in [0.1, 0.15) is 11.4 Å². The fraction of sp³-hybridized carbons (Fsp3) is 0.182. The van der Waals surface area contributed by atoms with Gasteiger partial charge in [-0.1, -0.05) is 42.5 Å². The van der Waals surface area contributed by atoms with Gasteiger partial charge < -0.3 is 10.1 Å². The van der Waals surface area contributed by atoms with Gasteiger partial charge in [0.1, 0.15) is 18.1 Å². The van der Waals surface area contributed by atoms with Gasteiger partial charge >= 0.3 is 5.69 Å². The second-order valence-electron chi connectivity index (χ2n) is 6.82. The molecule has 0 bridgehead atoms. The molecule has 0 saturated heterocycles. The van der Waals surface area contributed by atoms with E-state index in [0.29, 0.717) is 18.0 Å². The zero-order valence-corrected chi connectivity index (χ0v) is 16.7. The Morgan fingerprint density at radius 3 is 2.67 bits per heavy atom. The van der Waals surface area contributed by atoms with Crippen molar-refractivity contribution in [2.24, 2.45) is 0 Å². The summed E-state index contributed by atoms with van der Waals surface area (Å²) in [5, 5.41) is 7.13. The van der Waals surface area contributed by atoms with Crippen molar-refractivity contribution in [3.05, 3.63) is 82.5 Å². The molecule has 0 spiro atoms. The van der Waals surface area contributed by atoms with Gasteiger partial charge in [-0.25, -0.2) is 18.9 Å². The molecule has 2 aromatic carbocycles. The molecule has 0 aliphatic rings. The van der Waals surface area contributed by atoms with Crippen LogP contribution in [-0.4, -0.2) is 32.2 Å². The van der Waals surface area contributed by atoms with Crippen molar-refractivity contribution in [1.29, 1.82) is 0 Å². The summed E-state index contributed by atoms with van der Waals surface area (Å²) in [6.45, 7) is 1.90. The van der Waals surface area contributed by atoms with Crippen LogP contribution in [-0.2, 0) is 17.9 Å². The zero-order valence-electron chi connectivity index (χ0n) is 16.7. The van der Waals surface area contributed by atoms with Gasteiger partial charge in [0.2, 0.25) is 5.91 Å². The highest BCUT2D eigenvalue weighted by Gasteiger charge is 2.14. The van der Waals surface area contributed by atoms with Gasteiger partial charge in [0.15, 0.2) is 5.65 Å². The molecule has 0 fully saturated rings. The summed E-state index contributed by atoms with van der Waals surface area (Å²) in [6, 6.07) is 18.8. The summed E-state index contributed by atoms with van der Waals surface area (Å²) in [5.41, 5.74) is 2.61. The Morgan fingerprint density at radius 1 is 1.10 bits per heavy atom. The number of amides is 1. The van der Waals surface area contributed by atoms with E-state index in [1.807, 2.05) is 54.6 Å². The minimum atomic E-state index is -0.397. The third-order valence-corrected chi connectivity index (χ3v) is 4.72. The van der Waals surface area contributed by atoms with Crippen LogP contribution in [0.5, 0.6) is 5.75 Å². The smallest absolute Gasteiger partial charge is 0.352 e. The predicted molar refractivity (Wildman–Crippen MR) is 112 cm³/mol. The van der Waals surface area contributed by atoms with Gasteiger partial charge in [-0.15, -0.1) is 5.10 Å². The van der Waals surface area contributed by atoms with Crippen molar-refractivity contribution in [1.82, 2.24) is 24.5 Å². The average Bonchev–Trinajstić information content (AvgIpc) is 3.08. The Kier molecular flexibility index (Phi) is 5.30. The second-order valence-corrected chi connectivity index (χ2v) is 6.82. The van der Waals surface area contributed by atoms with Crippen LogP contribution in [0.25, 0.3) is 16.9 Å². The molecule has 30 heavy (non-hydrogen) atoms. The normalized spacial score (nSPS) is 10.9. The first kappa shape index (κ1) is 19.4. The molecular formula is C22H21N5O3. The lowest BCUT2D eigenvalue weighted by Gasteiger charge is -2.06. The Labute approximate surface area is 172 Å². The standard InChI is InChI=1S/C22H21N5O3/c1-15-24-19(17-8-4-3-5-9-17)12-20-25-26(22(29)27(15)20)14-21(28)23-13-16-7-6-10-18(11-16)30-2/h3-12H,13-14H2,1-2H3,(H,23,28). The van der Waals surface area contributed by atoms with E-state index >= 15 is 0 Å². The molecule has 2 aromatic heterocycles. The molecule has 1 amide bonds. The summed E-state index contributed by atoms with van der Waals surface area (Å²) in [7, 11) is 1.59. The van der Waals surface area contributed by atoms with E-state index in [1.165, 1.54) is 4.40 Å². The number of carbonyl (C=O) groups excluding carboxylic acids is 1. The molecule has 1 N–H and O–H groups in total. The second kappa shape index (κ2) is 8.20. The molecule has 8 heteroatoms. The number of hydrogen-bond acceptors (Lipinski definition) is 5. The number of benzene rings is 2. The summed E-state index contributed by atoms with van der Waals surface area (Å²) in [4.78, 5) is 29.6. The quantitative estimate of drug-likeness (QED) is 0.533. The van der Waals surface area contributed by atoms with E-state index in [4.69, 9.17) is 4.74 Å². The lowest BCUT2D eigenvalue weighted by Crippen LogP contribution is -2.32. The molecule has 2 heterocycles. The SMILES string of the molecule is COc1cccc(CNC(=O)Cn2nc3cc(-c4ccccc4)nc(C)n3c2=O)c1. The molecule has 0 atom stereocenters. The van der Waals surface area contributed by atoms with Gasteiger partial charge in [0.25, 0.3) is 0 Å². The Hall–Kier alpha value is -3.94. The molecule has 0 aliphatic carbocycles. The third kappa shape index (κ3) is 3.93. The minimum absolute atomic E-state index is 0.176. The number of aromatic nitrogens is 4. The van der Waals surface area contributed by atoms with Gasteiger partial charge in [0.05, 0.1) is 12.8 Å². The van der Waals surface area contributed by atoms with Crippen LogP contribution in [0, 0.1) is 6.92 Å². The highest BCUT2D eigenvalue weighted by atomic mass is 16.5. The number of nitrogens with zero attached hydrogens (tertiary/aromatic N) is 4. The monoisotopic (exact) mass is 403 g/mol. The number of fused-ring (bicyclic) bond motifs is 1. The van der Waals surface area contributed by atoms with E-state index in [-0.39, 0.29) is 12.5 Å². The van der Waals surface area contributed by atoms with Crippen LogP contribution in [0.15, 0.2) is 65.5 Å². The molecule has 4 rings (SSSR count). The fourth-order valence-corrected chi connectivity index (χ4v) is 3.24. The van der Waals surface area contributed by atoms with Gasteiger partial charge in [-0.2, -0.15) is 0 Å². The van der Waals surface area contributed by atoms with E-state index in [0.717, 1.165) is 27.3 Å². The molecule has 0 aliphatic heterocycles. The first-order valence-corrected chi connectivity index (χ1v) is 9.47. The lowest BCUT2D eigenvalue weighted by atomic mass is 10.1. The predicted octanol–water partition coefficient (Wildman–Crippen LogP) is 2.19. The maximum Gasteiger partial charge on any atom is 0.352 e. The Morgan fingerprint density at radius 2 is 1.90 bits per heavy atom. The molecule has 152 valence electrons. The van der Waals surface area contributed by atoms with Crippen LogP contribution in [0.4, 0.5) is 0 Å². The third-order valence-electron chi connectivity index (χ3n) is 4.72. The van der Waals surface area contributed by atoms with Crippen LogP contribution in [0.2, 0.25) is 0 Å². The number of ether oxygens (including phenoxy) is 1. The summed E-state index contributed by atoms with van der Waals surface area (Å²) in [5.74, 6) is 0.923. The summed E-state index contributed by atoms with van der Waals surface area (Å²) >= 11 is 0. The lowest BCUT2D eigenvalue weighted by molar-refractivity contribution is -0.122. The summed E-state index contributed by atoms with van der Waals surface area (Å²) < 4.78 is 7.74. The van der Waals surface area contributed by atoms with Crippen molar-refractivity contribution < 1.29 is 9.53 Å². The highest BCUT2D eigenvalue weighted by molar-refractivity contribution is 5.75. The number of carbonyl (C=O) groups is 1. The molecule has 4 aromatic rings. The molecule has 0 saturated carbocycles. The molecular weight excluding hydrogens is 382 g/mol. The van der Waals surface area contributed by atoms with Gasteiger partial charge in [-0.3, -0.25) is 4.79 Å². The molecule has 8 nitrogen and oxygen atoms in total. The van der Waals surface area contributed by atoms with Crippen molar-refractivity contribution in [2.75, 3.05) is 7.11 Å². The minimum Gasteiger partial charge on any atom is -0.497 e. The van der Waals surface area contributed by atoms with Crippen LogP contribution in [0.3, 0.4) is 0 Å². The van der Waals surface area contributed by atoms with E-state index in [2.05, 4.69) is 15.4 Å². The van der Waals surface area contributed by atoms with E-state index in [9.17, 15) is 9.59 Å². The first-order chi connectivity index (χ1) is 14.5. The van der Waals surface area contributed by atoms with Gasteiger partial charge in [-0.05, 0) is 24.6 Å².